The normalized spacial score (nSPS) is 12.0. The molecule has 0 aliphatic rings. The molecule has 1 rings (SSSR count). The van der Waals surface area contributed by atoms with E-state index in [1.807, 2.05) is 18.7 Å². The molecule has 94 valence electrons. The van der Waals surface area contributed by atoms with Crippen molar-refractivity contribution >= 4 is 0 Å². The van der Waals surface area contributed by atoms with Gasteiger partial charge in [0, 0.05) is 31.3 Å². The molecule has 1 unspecified atom stereocenters. The Labute approximate surface area is 105 Å². The van der Waals surface area contributed by atoms with Crippen LogP contribution in [0, 0.1) is 11.8 Å². The first kappa shape index (κ1) is 13.8. The monoisotopic (exact) mass is 233 g/mol. The van der Waals surface area contributed by atoms with Crippen LogP contribution in [0.5, 0.6) is 0 Å². The Kier molecular flexibility index (Phi) is 5.79. The van der Waals surface area contributed by atoms with Gasteiger partial charge in [-0.25, -0.2) is 0 Å². The average Bonchev–Trinajstić information content (AvgIpc) is 2.69. The molecule has 1 heterocycles. The van der Waals surface area contributed by atoms with E-state index in [-0.39, 0.29) is 0 Å². The topological polar surface area (TPSA) is 29.9 Å². The lowest BCUT2D eigenvalue weighted by Gasteiger charge is -2.16. The van der Waals surface area contributed by atoms with Gasteiger partial charge in [0.2, 0.25) is 0 Å². The number of hydrogen-bond donors (Lipinski definition) is 1. The minimum Gasteiger partial charge on any atom is -0.310 e. The fourth-order valence-corrected chi connectivity index (χ4v) is 2.07. The molecule has 0 aliphatic heterocycles. The maximum Gasteiger partial charge on any atom is 0.0669 e. The van der Waals surface area contributed by atoms with Crippen molar-refractivity contribution in [3.05, 3.63) is 17.5 Å². The second kappa shape index (κ2) is 7.13. The van der Waals surface area contributed by atoms with E-state index in [1.54, 1.807) is 0 Å². The Hall–Kier alpha value is -1.27. The van der Waals surface area contributed by atoms with Gasteiger partial charge in [-0.1, -0.05) is 13.8 Å². The largest absolute Gasteiger partial charge is 0.310 e. The van der Waals surface area contributed by atoms with E-state index in [9.17, 15) is 0 Å². The molecule has 0 amide bonds. The summed E-state index contributed by atoms with van der Waals surface area (Å²) in [4.78, 5) is 0. The van der Waals surface area contributed by atoms with E-state index in [2.05, 4.69) is 42.3 Å². The quantitative estimate of drug-likeness (QED) is 0.765. The van der Waals surface area contributed by atoms with Crippen LogP contribution < -0.4 is 5.32 Å². The summed E-state index contributed by atoms with van der Waals surface area (Å²) in [5.74, 6) is 6.09. The van der Waals surface area contributed by atoms with Gasteiger partial charge in [0.25, 0.3) is 0 Å². The number of rotatable bonds is 6. The summed E-state index contributed by atoms with van der Waals surface area (Å²) < 4.78 is 1.91. The van der Waals surface area contributed by atoms with Gasteiger partial charge in [-0.15, -0.1) is 11.8 Å². The first-order chi connectivity index (χ1) is 8.22. The fraction of sp³-hybridized carbons (Fsp3) is 0.643. The lowest BCUT2D eigenvalue weighted by molar-refractivity contribution is 0.519. The Bertz CT molecular complexity index is 395. The minimum atomic E-state index is 0.379. The second-order valence-corrected chi connectivity index (χ2v) is 4.13. The Balaban J connectivity index is 2.82. The van der Waals surface area contributed by atoms with Crippen LogP contribution >= 0.6 is 0 Å². The molecule has 1 atom stereocenters. The van der Waals surface area contributed by atoms with E-state index in [0.717, 1.165) is 25.8 Å². The maximum absolute atomic E-state index is 4.50. The number of aryl methyl sites for hydroxylation is 2. The SMILES string of the molecule is CC#CCCC(NCC)c1cn(C)nc1CC. The molecule has 3 nitrogen and oxygen atoms in total. The van der Waals surface area contributed by atoms with E-state index in [4.69, 9.17) is 0 Å². The number of nitrogens with one attached hydrogen (secondary N) is 1. The summed E-state index contributed by atoms with van der Waals surface area (Å²) in [5, 5.41) is 8.03. The first-order valence-corrected chi connectivity index (χ1v) is 6.38. The summed E-state index contributed by atoms with van der Waals surface area (Å²) in [7, 11) is 1.98. The molecule has 0 spiro atoms. The number of nitrogens with zero attached hydrogens (tertiary/aromatic N) is 2. The molecule has 0 fully saturated rings. The van der Waals surface area contributed by atoms with E-state index >= 15 is 0 Å². The van der Waals surface area contributed by atoms with Gasteiger partial charge in [-0.2, -0.15) is 5.10 Å². The van der Waals surface area contributed by atoms with Crippen LogP contribution in [0.2, 0.25) is 0 Å². The highest BCUT2D eigenvalue weighted by atomic mass is 15.3. The van der Waals surface area contributed by atoms with Crippen LogP contribution in [-0.2, 0) is 13.5 Å². The highest BCUT2D eigenvalue weighted by Gasteiger charge is 2.16. The van der Waals surface area contributed by atoms with E-state index < -0.39 is 0 Å². The van der Waals surface area contributed by atoms with E-state index in [1.165, 1.54) is 11.3 Å². The highest BCUT2D eigenvalue weighted by Crippen LogP contribution is 2.21. The third kappa shape index (κ3) is 3.90. The number of aromatic nitrogens is 2. The molecule has 0 aliphatic carbocycles. The van der Waals surface area contributed by atoms with Gasteiger partial charge in [-0.05, 0) is 26.3 Å². The van der Waals surface area contributed by atoms with Crippen molar-refractivity contribution in [2.24, 2.45) is 7.05 Å². The van der Waals surface area contributed by atoms with Gasteiger partial charge in [0.15, 0.2) is 0 Å². The zero-order valence-electron chi connectivity index (χ0n) is 11.4. The minimum absolute atomic E-state index is 0.379. The third-order valence-electron chi connectivity index (χ3n) is 2.83. The van der Waals surface area contributed by atoms with Crippen molar-refractivity contribution in [3.8, 4) is 11.8 Å². The predicted octanol–water partition coefficient (Wildman–Crippen LogP) is 2.44. The molecular weight excluding hydrogens is 210 g/mol. The molecule has 0 saturated carbocycles. The summed E-state index contributed by atoms with van der Waals surface area (Å²) in [6.07, 6.45) is 5.10. The smallest absolute Gasteiger partial charge is 0.0669 e. The molecule has 0 bridgehead atoms. The van der Waals surface area contributed by atoms with Crippen molar-refractivity contribution in [3.63, 3.8) is 0 Å². The molecule has 1 aromatic heterocycles. The van der Waals surface area contributed by atoms with Crippen LogP contribution in [0.1, 0.15) is 50.9 Å². The van der Waals surface area contributed by atoms with Crippen LogP contribution in [0.4, 0.5) is 0 Å². The van der Waals surface area contributed by atoms with Crippen LogP contribution in [0.25, 0.3) is 0 Å². The van der Waals surface area contributed by atoms with Gasteiger partial charge in [0.05, 0.1) is 5.69 Å². The summed E-state index contributed by atoms with van der Waals surface area (Å²) >= 11 is 0. The zero-order chi connectivity index (χ0) is 12.7. The van der Waals surface area contributed by atoms with Crippen molar-refractivity contribution in [2.75, 3.05) is 6.54 Å². The van der Waals surface area contributed by atoms with Crippen LogP contribution in [0.3, 0.4) is 0 Å². The zero-order valence-corrected chi connectivity index (χ0v) is 11.4. The summed E-state index contributed by atoms with van der Waals surface area (Å²) in [6, 6.07) is 0.379. The lowest BCUT2D eigenvalue weighted by Crippen LogP contribution is -2.21. The molecule has 0 saturated heterocycles. The van der Waals surface area contributed by atoms with Gasteiger partial charge in [-0.3, -0.25) is 4.68 Å². The van der Waals surface area contributed by atoms with E-state index in [0.29, 0.717) is 6.04 Å². The summed E-state index contributed by atoms with van der Waals surface area (Å²) in [6.45, 7) is 7.16. The average molecular weight is 233 g/mol. The van der Waals surface area contributed by atoms with Crippen molar-refractivity contribution in [1.29, 1.82) is 0 Å². The first-order valence-electron chi connectivity index (χ1n) is 6.38. The van der Waals surface area contributed by atoms with Crippen molar-refractivity contribution in [1.82, 2.24) is 15.1 Å². The standard InChI is InChI=1S/C14H23N3/c1-5-8-9-10-14(15-7-3)12-11-17(4)16-13(12)6-2/h11,14-15H,6-7,9-10H2,1-4H3. The Morgan fingerprint density at radius 3 is 2.82 bits per heavy atom. The van der Waals surface area contributed by atoms with Gasteiger partial charge >= 0.3 is 0 Å². The number of hydrogen-bond acceptors (Lipinski definition) is 2. The molecule has 3 heteroatoms. The predicted molar refractivity (Wildman–Crippen MR) is 71.7 cm³/mol. The molecule has 0 radical (unpaired) electrons. The lowest BCUT2D eigenvalue weighted by atomic mass is 10.0. The second-order valence-electron chi connectivity index (χ2n) is 4.13. The van der Waals surface area contributed by atoms with Crippen LogP contribution in [0.15, 0.2) is 6.20 Å². The maximum atomic E-state index is 4.50. The molecular formula is C14H23N3. The molecule has 1 aromatic rings. The fourth-order valence-electron chi connectivity index (χ4n) is 2.07. The summed E-state index contributed by atoms with van der Waals surface area (Å²) in [5.41, 5.74) is 2.53. The third-order valence-corrected chi connectivity index (χ3v) is 2.83. The van der Waals surface area contributed by atoms with Crippen LogP contribution in [-0.4, -0.2) is 16.3 Å². The molecule has 1 N–H and O–H groups in total. The van der Waals surface area contributed by atoms with Crippen molar-refractivity contribution < 1.29 is 0 Å². The highest BCUT2D eigenvalue weighted by molar-refractivity contribution is 5.21. The Morgan fingerprint density at radius 2 is 2.24 bits per heavy atom. The van der Waals surface area contributed by atoms with Gasteiger partial charge in [0.1, 0.15) is 0 Å². The molecule has 17 heavy (non-hydrogen) atoms. The van der Waals surface area contributed by atoms with Crippen molar-refractivity contribution in [2.45, 2.75) is 46.1 Å². The van der Waals surface area contributed by atoms with Gasteiger partial charge < -0.3 is 5.32 Å². The Morgan fingerprint density at radius 1 is 1.47 bits per heavy atom. The molecule has 0 aromatic carbocycles.